The molecule has 0 saturated carbocycles. The van der Waals surface area contributed by atoms with Crippen molar-refractivity contribution in [1.82, 2.24) is 9.78 Å². The summed E-state index contributed by atoms with van der Waals surface area (Å²) in [5.41, 5.74) is 1.05. The lowest BCUT2D eigenvalue weighted by Gasteiger charge is -2.07. The topological polar surface area (TPSA) is 52.0 Å². The second-order valence-electron chi connectivity index (χ2n) is 4.37. The Morgan fingerprint density at radius 3 is 2.45 bits per heavy atom. The lowest BCUT2D eigenvalue weighted by molar-refractivity contribution is 0.584. The van der Waals surface area contributed by atoms with Gasteiger partial charge in [-0.1, -0.05) is 11.6 Å². The van der Waals surface area contributed by atoms with E-state index in [4.69, 9.17) is 11.6 Å². The minimum atomic E-state index is -3.58. The molecule has 1 aromatic heterocycles. The maximum Gasteiger partial charge on any atom is 0.184 e. The molecule has 0 spiro atoms. The first-order chi connectivity index (χ1) is 9.35. The zero-order valence-electron chi connectivity index (χ0n) is 11.1. The quantitative estimate of drug-likeness (QED) is 0.815. The molecule has 2 rings (SSSR count). The van der Waals surface area contributed by atoms with Gasteiger partial charge in [-0.2, -0.15) is 5.10 Å². The van der Waals surface area contributed by atoms with E-state index in [2.05, 4.69) is 5.10 Å². The Hall–Kier alpha value is -1.40. The summed E-state index contributed by atoms with van der Waals surface area (Å²) in [4.78, 5) is 0.0662. The van der Waals surface area contributed by atoms with Gasteiger partial charge in [0.1, 0.15) is 5.82 Å². The Kier molecular flexibility index (Phi) is 4.15. The maximum atomic E-state index is 12.9. The molecule has 0 aliphatic heterocycles. The van der Waals surface area contributed by atoms with E-state index >= 15 is 0 Å². The molecule has 0 aliphatic carbocycles. The van der Waals surface area contributed by atoms with Crippen LogP contribution < -0.4 is 0 Å². The molecule has 2 aromatic rings. The number of hydrogen-bond donors (Lipinski definition) is 0. The van der Waals surface area contributed by atoms with Crippen LogP contribution in [0.15, 0.2) is 29.2 Å². The zero-order valence-corrected chi connectivity index (χ0v) is 12.7. The molecule has 1 heterocycles. The van der Waals surface area contributed by atoms with Gasteiger partial charge in [0.2, 0.25) is 0 Å². The summed E-state index contributed by atoms with van der Waals surface area (Å²) in [6.45, 7) is 4.11. The zero-order chi connectivity index (χ0) is 14.9. The molecule has 1 aromatic carbocycles. The number of nitrogens with zero attached hydrogens (tertiary/aromatic N) is 2. The van der Waals surface area contributed by atoms with E-state index in [1.807, 2.05) is 6.92 Å². The Balaban J connectivity index is 2.40. The highest BCUT2D eigenvalue weighted by Crippen LogP contribution is 2.25. The van der Waals surface area contributed by atoms with Gasteiger partial charge in [-0.15, -0.1) is 0 Å². The number of aryl methyl sites for hydroxylation is 2. The molecule has 0 amide bonds. The molecule has 0 aliphatic rings. The molecule has 0 fully saturated rings. The van der Waals surface area contributed by atoms with Crippen molar-refractivity contribution in [1.29, 1.82) is 0 Å². The summed E-state index contributed by atoms with van der Waals surface area (Å²) in [5, 5.41) is 4.54. The van der Waals surface area contributed by atoms with Gasteiger partial charge in [0.15, 0.2) is 9.84 Å². The van der Waals surface area contributed by atoms with Gasteiger partial charge >= 0.3 is 0 Å². The van der Waals surface area contributed by atoms with Crippen LogP contribution in [0.5, 0.6) is 0 Å². The molecular formula is C13H14ClFN2O2S. The molecule has 0 bridgehead atoms. The number of benzene rings is 1. The summed E-state index contributed by atoms with van der Waals surface area (Å²) in [6, 6.07) is 4.74. The Bertz CT molecular complexity index is 724. The molecule has 108 valence electrons. The van der Waals surface area contributed by atoms with Crippen molar-refractivity contribution in [3.63, 3.8) is 0 Å². The van der Waals surface area contributed by atoms with Crippen LogP contribution in [-0.4, -0.2) is 18.2 Å². The first-order valence-corrected chi connectivity index (χ1v) is 8.08. The molecule has 0 saturated heterocycles. The van der Waals surface area contributed by atoms with Gasteiger partial charge in [0.05, 0.1) is 27.1 Å². The van der Waals surface area contributed by atoms with Crippen LogP contribution in [0.2, 0.25) is 5.02 Å². The second-order valence-corrected chi connectivity index (χ2v) is 6.74. The van der Waals surface area contributed by atoms with Crippen molar-refractivity contribution < 1.29 is 12.8 Å². The largest absolute Gasteiger partial charge is 0.267 e. The maximum absolute atomic E-state index is 12.9. The standard InChI is InChI=1S/C13H14ClFN2O2S/c1-3-17-12(13(14)9(2)16-17)8-20(18,19)11-6-4-10(15)5-7-11/h4-7H,3,8H2,1-2H3. The van der Waals surface area contributed by atoms with E-state index in [1.54, 1.807) is 11.6 Å². The lowest BCUT2D eigenvalue weighted by Crippen LogP contribution is -2.11. The number of hydrogen-bond acceptors (Lipinski definition) is 3. The molecule has 0 radical (unpaired) electrons. The minimum absolute atomic E-state index is 0.0662. The second kappa shape index (κ2) is 5.54. The summed E-state index contributed by atoms with van der Waals surface area (Å²) in [6.07, 6.45) is 0. The molecule has 0 atom stereocenters. The van der Waals surface area contributed by atoms with Gasteiger partial charge in [-0.05, 0) is 38.1 Å². The summed E-state index contributed by atoms with van der Waals surface area (Å²) in [5.74, 6) is -0.733. The number of rotatable bonds is 4. The van der Waals surface area contributed by atoms with E-state index in [0.717, 1.165) is 12.1 Å². The van der Waals surface area contributed by atoms with Gasteiger partial charge in [-0.3, -0.25) is 4.68 Å². The predicted molar refractivity (Wildman–Crippen MR) is 74.9 cm³/mol. The van der Waals surface area contributed by atoms with Gasteiger partial charge in [0, 0.05) is 6.54 Å². The molecule has 0 N–H and O–H groups in total. The van der Waals surface area contributed by atoms with Crippen LogP contribution in [0.4, 0.5) is 4.39 Å². The monoisotopic (exact) mass is 316 g/mol. The van der Waals surface area contributed by atoms with Crippen LogP contribution in [0.1, 0.15) is 18.3 Å². The third-order valence-corrected chi connectivity index (χ3v) is 5.09. The summed E-state index contributed by atoms with van der Waals surface area (Å²) in [7, 11) is -3.58. The van der Waals surface area contributed by atoms with Gasteiger partial charge in [0.25, 0.3) is 0 Å². The average molecular weight is 317 g/mol. The van der Waals surface area contributed by atoms with Crippen LogP contribution in [-0.2, 0) is 22.1 Å². The van der Waals surface area contributed by atoms with Crippen LogP contribution in [0, 0.1) is 12.7 Å². The van der Waals surface area contributed by atoms with Crippen molar-refractivity contribution >= 4 is 21.4 Å². The van der Waals surface area contributed by atoms with Crippen molar-refractivity contribution in [2.24, 2.45) is 0 Å². The lowest BCUT2D eigenvalue weighted by atomic mass is 10.3. The molecular weight excluding hydrogens is 303 g/mol. The molecule has 4 nitrogen and oxygen atoms in total. The summed E-state index contributed by atoms with van der Waals surface area (Å²) >= 11 is 6.10. The van der Waals surface area contributed by atoms with Crippen LogP contribution >= 0.6 is 11.6 Å². The van der Waals surface area contributed by atoms with Gasteiger partial charge in [-0.25, -0.2) is 12.8 Å². The van der Waals surface area contributed by atoms with E-state index in [-0.39, 0.29) is 10.6 Å². The SMILES string of the molecule is CCn1nc(C)c(Cl)c1CS(=O)(=O)c1ccc(F)cc1. The highest BCUT2D eigenvalue weighted by Gasteiger charge is 2.22. The van der Waals surface area contributed by atoms with Crippen LogP contribution in [0.25, 0.3) is 0 Å². The predicted octanol–water partition coefficient (Wildman–Crippen LogP) is 2.98. The normalized spacial score (nSPS) is 11.8. The fraction of sp³-hybridized carbons (Fsp3) is 0.308. The van der Waals surface area contributed by atoms with Crippen LogP contribution in [0.3, 0.4) is 0 Å². The first kappa shape index (κ1) is 15.0. The third-order valence-electron chi connectivity index (χ3n) is 2.95. The Morgan fingerprint density at radius 2 is 1.90 bits per heavy atom. The van der Waals surface area contributed by atoms with E-state index in [9.17, 15) is 12.8 Å². The van der Waals surface area contributed by atoms with Crippen molar-refractivity contribution in [2.75, 3.05) is 0 Å². The third kappa shape index (κ3) is 2.86. The summed E-state index contributed by atoms with van der Waals surface area (Å²) < 4.78 is 39.1. The Labute approximate surface area is 122 Å². The smallest absolute Gasteiger partial charge is 0.184 e. The highest BCUT2D eigenvalue weighted by atomic mass is 35.5. The van der Waals surface area contributed by atoms with E-state index < -0.39 is 15.7 Å². The van der Waals surface area contributed by atoms with Crippen molar-refractivity contribution in [3.05, 3.63) is 46.5 Å². The molecule has 20 heavy (non-hydrogen) atoms. The minimum Gasteiger partial charge on any atom is -0.267 e. The first-order valence-electron chi connectivity index (χ1n) is 6.05. The molecule has 0 unspecified atom stereocenters. The highest BCUT2D eigenvalue weighted by molar-refractivity contribution is 7.90. The number of aromatic nitrogens is 2. The molecule has 7 heteroatoms. The van der Waals surface area contributed by atoms with Gasteiger partial charge < -0.3 is 0 Å². The van der Waals surface area contributed by atoms with E-state index in [0.29, 0.717) is 23.0 Å². The van der Waals surface area contributed by atoms with E-state index in [1.165, 1.54) is 12.1 Å². The number of halogens is 2. The Morgan fingerprint density at radius 1 is 1.30 bits per heavy atom. The fourth-order valence-corrected chi connectivity index (χ4v) is 3.56. The van der Waals surface area contributed by atoms with Crippen molar-refractivity contribution in [2.45, 2.75) is 31.0 Å². The average Bonchev–Trinajstić information content (AvgIpc) is 2.66. The fourth-order valence-electron chi connectivity index (χ4n) is 1.91. The number of sulfone groups is 1. The van der Waals surface area contributed by atoms with Crippen molar-refractivity contribution in [3.8, 4) is 0 Å².